The highest BCUT2D eigenvalue weighted by Crippen LogP contribution is 2.32. The van der Waals surface area contributed by atoms with Crippen molar-refractivity contribution in [3.05, 3.63) is 0 Å². The molecule has 2 aliphatic rings. The van der Waals surface area contributed by atoms with Gasteiger partial charge in [0.05, 0.1) is 0 Å². The van der Waals surface area contributed by atoms with E-state index in [4.69, 9.17) is 4.74 Å². The summed E-state index contributed by atoms with van der Waals surface area (Å²) in [6.45, 7) is 15.0. The average molecular weight is 268 g/mol. The first-order valence-electron chi connectivity index (χ1n) is 8.10. The highest BCUT2D eigenvalue weighted by Gasteiger charge is 2.35. The molecular weight excluding hydrogens is 236 g/mol. The van der Waals surface area contributed by atoms with Crippen LogP contribution in [-0.4, -0.2) is 50.8 Å². The summed E-state index contributed by atoms with van der Waals surface area (Å²) in [5, 5.41) is 3.70. The Balaban J connectivity index is 1.86. The molecular formula is C16H32N2O. The summed E-state index contributed by atoms with van der Waals surface area (Å²) in [4.78, 5) is 2.69. The first-order chi connectivity index (χ1) is 9.10. The zero-order valence-electron chi connectivity index (χ0n) is 13.1. The van der Waals surface area contributed by atoms with Crippen molar-refractivity contribution in [2.24, 2.45) is 17.3 Å². The van der Waals surface area contributed by atoms with Gasteiger partial charge in [-0.25, -0.2) is 0 Å². The highest BCUT2D eigenvalue weighted by atomic mass is 16.5. The van der Waals surface area contributed by atoms with Crippen molar-refractivity contribution >= 4 is 0 Å². The molecule has 2 heterocycles. The van der Waals surface area contributed by atoms with Gasteiger partial charge in [-0.05, 0) is 49.6 Å². The number of ether oxygens (including phenoxy) is 1. The van der Waals surface area contributed by atoms with Crippen molar-refractivity contribution in [1.29, 1.82) is 0 Å². The van der Waals surface area contributed by atoms with E-state index in [2.05, 4.69) is 31.0 Å². The predicted octanol–water partition coefficient (Wildman–Crippen LogP) is 2.37. The predicted molar refractivity (Wildman–Crippen MR) is 80.4 cm³/mol. The number of nitrogens with zero attached hydrogens (tertiary/aromatic N) is 1. The van der Waals surface area contributed by atoms with Gasteiger partial charge >= 0.3 is 0 Å². The minimum Gasteiger partial charge on any atom is -0.381 e. The first kappa shape index (κ1) is 15.3. The van der Waals surface area contributed by atoms with Crippen LogP contribution in [0.5, 0.6) is 0 Å². The van der Waals surface area contributed by atoms with Crippen LogP contribution in [0, 0.1) is 17.3 Å². The van der Waals surface area contributed by atoms with Crippen LogP contribution in [0.4, 0.5) is 0 Å². The fourth-order valence-electron chi connectivity index (χ4n) is 3.47. The molecule has 1 atom stereocenters. The quantitative estimate of drug-likeness (QED) is 0.800. The molecule has 0 aromatic heterocycles. The third-order valence-corrected chi connectivity index (χ3v) is 4.67. The van der Waals surface area contributed by atoms with Crippen molar-refractivity contribution in [2.45, 2.75) is 40.0 Å². The van der Waals surface area contributed by atoms with Crippen LogP contribution in [0.25, 0.3) is 0 Å². The maximum absolute atomic E-state index is 5.59. The zero-order valence-corrected chi connectivity index (χ0v) is 13.1. The summed E-state index contributed by atoms with van der Waals surface area (Å²) < 4.78 is 5.59. The Bertz CT molecular complexity index is 261. The fraction of sp³-hybridized carbons (Fsp3) is 1.00. The van der Waals surface area contributed by atoms with Crippen molar-refractivity contribution < 1.29 is 4.74 Å². The second-order valence-corrected chi connectivity index (χ2v) is 7.27. The van der Waals surface area contributed by atoms with Gasteiger partial charge in [-0.3, -0.25) is 0 Å². The van der Waals surface area contributed by atoms with E-state index >= 15 is 0 Å². The number of hydrogen-bond donors (Lipinski definition) is 1. The lowest BCUT2D eigenvalue weighted by Crippen LogP contribution is -2.47. The maximum Gasteiger partial charge on any atom is 0.0472 e. The summed E-state index contributed by atoms with van der Waals surface area (Å²) in [5.41, 5.74) is 0.456. The van der Waals surface area contributed by atoms with E-state index in [1.807, 2.05) is 0 Å². The summed E-state index contributed by atoms with van der Waals surface area (Å²) in [6.07, 6.45) is 3.83. The standard InChI is InChI=1S/C16H32N2O/c1-14(2)10-17-12-16(5-8-19-9-6-16)13-18-7-4-15(3)11-18/h14-15,17H,4-13H2,1-3H3. The molecule has 0 aromatic rings. The smallest absolute Gasteiger partial charge is 0.0472 e. The third kappa shape index (κ3) is 4.73. The summed E-state index contributed by atoms with van der Waals surface area (Å²) >= 11 is 0. The molecule has 2 aliphatic heterocycles. The fourth-order valence-corrected chi connectivity index (χ4v) is 3.47. The number of hydrogen-bond acceptors (Lipinski definition) is 3. The Morgan fingerprint density at radius 1 is 1.32 bits per heavy atom. The molecule has 0 bridgehead atoms. The van der Waals surface area contributed by atoms with E-state index < -0.39 is 0 Å². The van der Waals surface area contributed by atoms with Crippen LogP contribution in [0.2, 0.25) is 0 Å². The minimum absolute atomic E-state index is 0.456. The Labute approximate surface area is 119 Å². The normalized spacial score (nSPS) is 28.1. The van der Waals surface area contributed by atoms with Gasteiger partial charge in [0, 0.05) is 32.8 Å². The van der Waals surface area contributed by atoms with Crippen molar-refractivity contribution in [1.82, 2.24) is 10.2 Å². The van der Waals surface area contributed by atoms with E-state index in [9.17, 15) is 0 Å². The van der Waals surface area contributed by atoms with Gasteiger partial charge in [-0.2, -0.15) is 0 Å². The molecule has 0 radical (unpaired) electrons. The average Bonchev–Trinajstić information content (AvgIpc) is 2.75. The van der Waals surface area contributed by atoms with Crippen LogP contribution in [0.1, 0.15) is 40.0 Å². The van der Waals surface area contributed by atoms with E-state index in [1.54, 1.807) is 0 Å². The summed E-state index contributed by atoms with van der Waals surface area (Å²) in [5.74, 6) is 1.63. The van der Waals surface area contributed by atoms with Gasteiger partial charge < -0.3 is 15.0 Å². The Morgan fingerprint density at radius 2 is 2.05 bits per heavy atom. The lowest BCUT2D eigenvalue weighted by molar-refractivity contribution is -0.00156. The molecule has 0 saturated carbocycles. The van der Waals surface area contributed by atoms with Crippen molar-refractivity contribution in [3.63, 3.8) is 0 Å². The van der Waals surface area contributed by atoms with Crippen LogP contribution < -0.4 is 5.32 Å². The van der Waals surface area contributed by atoms with Gasteiger partial charge in [0.2, 0.25) is 0 Å². The first-order valence-corrected chi connectivity index (χ1v) is 8.10. The topological polar surface area (TPSA) is 24.5 Å². The highest BCUT2D eigenvalue weighted by molar-refractivity contribution is 4.89. The van der Waals surface area contributed by atoms with Gasteiger partial charge in [-0.1, -0.05) is 20.8 Å². The van der Waals surface area contributed by atoms with E-state index in [0.717, 1.165) is 31.6 Å². The largest absolute Gasteiger partial charge is 0.381 e. The third-order valence-electron chi connectivity index (χ3n) is 4.67. The maximum atomic E-state index is 5.59. The molecule has 112 valence electrons. The van der Waals surface area contributed by atoms with Gasteiger partial charge in [0.25, 0.3) is 0 Å². The lowest BCUT2D eigenvalue weighted by atomic mass is 9.79. The van der Waals surface area contributed by atoms with Gasteiger partial charge in [-0.15, -0.1) is 0 Å². The second kappa shape index (κ2) is 7.05. The molecule has 1 unspecified atom stereocenters. The van der Waals surface area contributed by atoms with Crippen LogP contribution >= 0.6 is 0 Å². The summed E-state index contributed by atoms with van der Waals surface area (Å²) in [6, 6.07) is 0. The molecule has 1 N–H and O–H groups in total. The molecule has 0 aromatic carbocycles. The van der Waals surface area contributed by atoms with Crippen LogP contribution in [0.15, 0.2) is 0 Å². The van der Waals surface area contributed by atoms with Crippen LogP contribution in [0.3, 0.4) is 0 Å². The number of rotatable bonds is 6. The molecule has 2 saturated heterocycles. The lowest BCUT2D eigenvalue weighted by Gasteiger charge is -2.40. The van der Waals surface area contributed by atoms with E-state index in [-0.39, 0.29) is 0 Å². The molecule has 3 nitrogen and oxygen atoms in total. The zero-order chi connectivity index (χ0) is 13.7. The summed E-state index contributed by atoms with van der Waals surface area (Å²) in [7, 11) is 0. The van der Waals surface area contributed by atoms with Crippen molar-refractivity contribution in [3.8, 4) is 0 Å². The monoisotopic (exact) mass is 268 g/mol. The molecule has 0 aliphatic carbocycles. The number of nitrogens with one attached hydrogen (secondary N) is 1. The van der Waals surface area contributed by atoms with Crippen LogP contribution in [-0.2, 0) is 4.74 Å². The second-order valence-electron chi connectivity index (χ2n) is 7.27. The van der Waals surface area contributed by atoms with E-state index in [0.29, 0.717) is 5.41 Å². The Morgan fingerprint density at radius 3 is 2.63 bits per heavy atom. The molecule has 2 rings (SSSR count). The Kier molecular flexibility index (Phi) is 5.67. The molecule has 2 fully saturated rings. The molecule has 0 spiro atoms. The molecule has 3 heteroatoms. The van der Waals surface area contributed by atoms with Gasteiger partial charge in [0.1, 0.15) is 0 Å². The van der Waals surface area contributed by atoms with Gasteiger partial charge in [0.15, 0.2) is 0 Å². The minimum atomic E-state index is 0.456. The van der Waals surface area contributed by atoms with Crippen molar-refractivity contribution in [2.75, 3.05) is 45.9 Å². The molecule has 19 heavy (non-hydrogen) atoms. The Hall–Kier alpha value is -0.120. The van der Waals surface area contributed by atoms with E-state index in [1.165, 1.54) is 45.4 Å². The molecule has 0 amide bonds. The SMILES string of the molecule is CC(C)CNCC1(CN2CCC(C)C2)CCOCC1. The number of likely N-dealkylation sites (tertiary alicyclic amines) is 1.